The fourth-order valence-electron chi connectivity index (χ4n) is 1.66. The van der Waals surface area contributed by atoms with Gasteiger partial charge in [-0.05, 0) is 30.3 Å². The van der Waals surface area contributed by atoms with E-state index in [1.165, 1.54) is 37.4 Å². The highest BCUT2D eigenvalue weighted by Crippen LogP contribution is 2.29. The number of carboxylic acid groups (broad SMARTS) is 1. The summed E-state index contributed by atoms with van der Waals surface area (Å²) in [6.45, 7) is 0. The zero-order chi connectivity index (χ0) is 15.4. The molecule has 106 valence electrons. The molecule has 0 saturated carbocycles. The molecule has 0 heterocycles. The van der Waals surface area contributed by atoms with Crippen molar-refractivity contribution in [2.45, 2.75) is 0 Å². The van der Waals surface area contributed by atoms with E-state index < -0.39 is 11.8 Å². The molecule has 2 rings (SSSR count). The van der Waals surface area contributed by atoms with Crippen molar-refractivity contribution in [1.82, 2.24) is 0 Å². The summed E-state index contributed by atoms with van der Waals surface area (Å²) in [5.41, 5.74) is 0.120. The second-order valence-electron chi connectivity index (χ2n) is 4.06. The molecule has 0 atom stereocenters. The van der Waals surface area contributed by atoms with Gasteiger partial charge in [0.25, 0.3) is 0 Å². The highest BCUT2D eigenvalue weighted by atomic mass is 19.1. The van der Waals surface area contributed by atoms with Gasteiger partial charge in [-0.2, -0.15) is 5.26 Å². The lowest BCUT2D eigenvalue weighted by Crippen LogP contribution is -1.98. The van der Waals surface area contributed by atoms with Crippen LogP contribution >= 0.6 is 0 Å². The normalized spacial score (nSPS) is 9.76. The quantitative estimate of drug-likeness (QED) is 0.934. The van der Waals surface area contributed by atoms with Crippen LogP contribution in [0.4, 0.5) is 4.39 Å². The van der Waals surface area contributed by atoms with Crippen molar-refractivity contribution in [3.8, 4) is 23.3 Å². The van der Waals surface area contributed by atoms with E-state index in [0.29, 0.717) is 11.3 Å². The summed E-state index contributed by atoms with van der Waals surface area (Å²) in [4.78, 5) is 10.7. The summed E-state index contributed by atoms with van der Waals surface area (Å²) < 4.78 is 24.1. The number of hydrogen-bond donors (Lipinski definition) is 1. The highest BCUT2D eigenvalue weighted by molar-refractivity contribution is 5.87. The smallest absolute Gasteiger partial charge is 0.335 e. The molecule has 0 amide bonds. The lowest BCUT2D eigenvalue weighted by atomic mass is 10.2. The van der Waals surface area contributed by atoms with Crippen molar-refractivity contribution < 1.29 is 23.8 Å². The standard InChI is InChI=1S/C15H10FNO4/c1-20-11-4-9(8-17)5-12(7-11)21-14-3-2-10(15(18)19)6-13(14)16/h2-7H,1H3,(H,18,19). The Hall–Kier alpha value is -3.07. The number of nitrogens with zero attached hydrogens (tertiary/aromatic N) is 1. The van der Waals surface area contributed by atoms with Gasteiger partial charge in [-0.15, -0.1) is 0 Å². The maximum Gasteiger partial charge on any atom is 0.335 e. The topological polar surface area (TPSA) is 79.5 Å². The first-order valence-electron chi connectivity index (χ1n) is 5.83. The maximum atomic E-state index is 13.8. The van der Waals surface area contributed by atoms with E-state index in [9.17, 15) is 9.18 Å². The van der Waals surface area contributed by atoms with Gasteiger partial charge in [-0.3, -0.25) is 0 Å². The van der Waals surface area contributed by atoms with E-state index in [2.05, 4.69) is 0 Å². The number of nitriles is 1. The van der Waals surface area contributed by atoms with Crippen LogP contribution in [-0.4, -0.2) is 18.2 Å². The van der Waals surface area contributed by atoms with Crippen LogP contribution in [0, 0.1) is 17.1 Å². The van der Waals surface area contributed by atoms with E-state index in [-0.39, 0.29) is 17.1 Å². The monoisotopic (exact) mass is 287 g/mol. The SMILES string of the molecule is COc1cc(C#N)cc(Oc2ccc(C(=O)O)cc2F)c1. The Bertz CT molecular complexity index is 737. The van der Waals surface area contributed by atoms with Crippen LogP contribution in [0.5, 0.6) is 17.2 Å². The summed E-state index contributed by atoms with van der Waals surface area (Å²) in [5.74, 6) is -1.57. The summed E-state index contributed by atoms with van der Waals surface area (Å²) in [7, 11) is 1.43. The minimum Gasteiger partial charge on any atom is -0.497 e. The van der Waals surface area contributed by atoms with Crippen LogP contribution < -0.4 is 9.47 Å². The number of ether oxygens (including phenoxy) is 2. The Labute approximate surface area is 119 Å². The number of benzene rings is 2. The fraction of sp³-hybridized carbons (Fsp3) is 0.0667. The summed E-state index contributed by atoms with van der Waals surface area (Å²) >= 11 is 0. The average Bonchev–Trinajstić information content (AvgIpc) is 2.48. The van der Waals surface area contributed by atoms with E-state index in [0.717, 1.165) is 6.07 Å². The molecule has 0 aliphatic carbocycles. The average molecular weight is 287 g/mol. The first-order chi connectivity index (χ1) is 10.0. The number of carbonyl (C=O) groups is 1. The largest absolute Gasteiger partial charge is 0.497 e. The van der Waals surface area contributed by atoms with E-state index in [1.54, 1.807) is 0 Å². The van der Waals surface area contributed by atoms with Crippen molar-refractivity contribution in [2.75, 3.05) is 7.11 Å². The number of carboxylic acids is 1. The van der Waals surface area contributed by atoms with Gasteiger partial charge in [0.05, 0.1) is 24.3 Å². The number of hydrogen-bond acceptors (Lipinski definition) is 4. The molecular formula is C15H10FNO4. The van der Waals surface area contributed by atoms with E-state index in [4.69, 9.17) is 19.8 Å². The van der Waals surface area contributed by atoms with Crippen LogP contribution in [0.2, 0.25) is 0 Å². The minimum absolute atomic E-state index is 0.142. The Morgan fingerprint density at radius 3 is 2.52 bits per heavy atom. The molecule has 0 unspecified atom stereocenters. The van der Waals surface area contributed by atoms with Crippen LogP contribution in [0.1, 0.15) is 15.9 Å². The van der Waals surface area contributed by atoms with E-state index in [1.807, 2.05) is 6.07 Å². The first kappa shape index (κ1) is 14.3. The minimum atomic E-state index is -1.23. The van der Waals surface area contributed by atoms with E-state index >= 15 is 0 Å². The third kappa shape index (κ3) is 3.28. The van der Waals surface area contributed by atoms with Gasteiger partial charge in [0.2, 0.25) is 0 Å². The molecule has 6 heteroatoms. The predicted octanol–water partition coefficient (Wildman–Crippen LogP) is 3.20. The number of methoxy groups -OCH3 is 1. The van der Waals surface area contributed by atoms with Crippen molar-refractivity contribution in [3.63, 3.8) is 0 Å². The van der Waals surface area contributed by atoms with Gasteiger partial charge < -0.3 is 14.6 Å². The van der Waals surface area contributed by atoms with Crippen LogP contribution in [0.15, 0.2) is 36.4 Å². The van der Waals surface area contributed by atoms with Crippen LogP contribution in [0.25, 0.3) is 0 Å². The molecule has 0 aliphatic rings. The van der Waals surface area contributed by atoms with Gasteiger partial charge in [0, 0.05) is 6.07 Å². The second kappa shape index (κ2) is 5.92. The molecule has 5 nitrogen and oxygen atoms in total. The molecular weight excluding hydrogens is 277 g/mol. The number of halogens is 1. The third-order valence-electron chi connectivity index (χ3n) is 2.65. The molecule has 0 bridgehead atoms. The first-order valence-corrected chi connectivity index (χ1v) is 5.83. The lowest BCUT2D eigenvalue weighted by Gasteiger charge is -2.09. The molecule has 0 aromatic heterocycles. The van der Waals surface area contributed by atoms with Gasteiger partial charge in [0.1, 0.15) is 11.5 Å². The van der Waals surface area contributed by atoms with Crippen molar-refractivity contribution in [1.29, 1.82) is 5.26 Å². The molecule has 0 radical (unpaired) electrons. The zero-order valence-electron chi connectivity index (χ0n) is 11.0. The van der Waals surface area contributed by atoms with Crippen molar-refractivity contribution in [3.05, 3.63) is 53.3 Å². The summed E-state index contributed by atoms with van der Waals surface area (Å²) in [6.07, 6.45) is 0. The number of aromatic carboxylic acids is 1. The Morgan fingerprint density at radius 1 is 1.24 bits per heavy atom. The molecule has 0 spiro atoms. The second-order valence-corrected chi connectivity index (χ2v) is 4.06. The van der Waals surface area contributed by atoms with Gasteiger partial charge in [-0.25, -0.2) is 9.18 Å². The lowest BCUT2D eigenvalue weighted by molar-refractivity contribution is 0.0696. The van der Waals surface area contributed by atoms with Gasteiger partial charge in [0.15, 0.2) is 11.6 Å². The fourth-order valence-corrected chi connectivity index (χ4v) is 1.66. The molecule has 2 aromatic rings. The number of rotatable bonds is 4. The molecule has 0 fully saturated rings. The summed E-state index contributed by atoms with van der Waals surface area (Å²) in [5, 5.41) is 17.7. The van der Waals surface area contributed by atoms with Gasteiger partial charge in [-0.1, -0.05) is 0 Å². The molecule has 21 heavy (non-hydrogen) atoms. The van der Waals surface area contributed by atoms with Crippen molar-refractivity contribution >= 4 is 5.97 Å². The van der Waals surface area contributed by atoms with Crippen molar-refractivity contribution in [2.24, 2.45) is 0 Å². The van der Waals surface area contributed by atoms with Gasteiger partial charge >= 0.3 is 5.97 Å². The third-order valence-corrected chi connectivity index (χ3v) is 2.65. The van der Waals surface area contributed by atoms with Crippen LogP contribution in [-0.2, 0) is 0 Å². The predicted molar refractivity (Wildman–Crippen MR) is 71.1 cm³/mol. The maximum absolute atomic E-state index is 13.8. The Kier molecular flexibility index (Phi) is 4.05. The molecule has 2 aromatic carbocycles. The zero-order valence-corrected chi connectivity index (χ0v) is 11.0. The molecule has 0 aliphatic heterocycles. The molecule has 1 N–H and O–H groups in total. The Balaban J connectivity index is 2.34. The Morgan fingerprint density at radius 2 is 1.95 bits per heavy atom. The summed E-state index contributed by atoms with van der Waals surface area (Å²) in [6, 6.07) is 9.67. The highest BCUT2D eigenvalue weighted by Gasteiger charge is 2.11. The molecule has 0 saturated heterocycles. The van der Waals surface area contributed by atoms with Crippen LogP contribution in [0.3, 0.4) is 0 Å².